The van der Waals surface area contributed by atoms with E-state index in [1.54, 1.807) is 24.3 Å². The molecule has 1 unspecified atom stereocenters. The van der Waals surface area contributed by atoms with Gasteiger partial charge < -0.3 is 15.7 Å². The van der Waals surface area contributed by atoms with Gasteiger partial charge >= 0.3 is 0 Å². The van der Waals surface area contributed by atoms with E-state index >= 15 is 0 Å². The Morgan fingerprint density at radius 3 is 2.91 bits per heavy atom. The van der Waals surface area contributed by atoms with Crippen LogP contribution in [0.15, 0.2) is 42.6 Å². The molecule has 23 heavy (non-hydrogen) atoms. The first-order valence-electron chi connectivity index (χ1n) is 7.49. The van der Waals surface area contributed by atoms with Crippen molar-refractivity contribution in [3.05, 3.63) is 54.0 Å². The quantitative estimate of drug-likeness (QED) is 0.796. The van der Waals surface area contributed by atoms with Gasteiger partial charge in [-0.2, -0.15) is 0 Å². The first-order valence-corrected chi connectivity index (χ1v) is 7.49. The molecular formula is C17H18FN3O2. The highest BCUT2D eigenvalue weighted by Gasteiger charge is 2.31. The first-order chi connectivity index (χ1) is 11.1. The lowest BCUT2D eigenvalue weighted by Crippen LogP contribution is -2.44. The molecule has 1 aliphatic rings. The zero-order valence-electron chi connectivity index (χ0n) is 12.6. The van der Waals surface area contributed by atoms with Gasteiger partial charge in [0.25, 0.3) is 5.91 Å². The fourth-order valence-electron chi connectivity index (χ4n) is 2.58. The Hall–Kier alpha value is -2.31. The number of rotatable bonds is 4. The first kappa shape index (κ1) is 15.6. The summed E-state index contributed by atoms with van der Waals surface area (Å²) in [6.07, 6.45) is 2.07. The number of hydrogen-bond donors (Lipinski definition) is 3. The monoisotopic (exact) mass is 315 g/mol. The van der Waals surface area contributed by atoms with Gasteiger partial charge in [-0.3, -0.25) is 9.78 Å². The summed E-state index contributed by atoms with van der Waals surface area (Å²) in [7, 11) is 0. The van der Waals surface area contributed by atoms with E-state index in [1.165, 1.54) is 18.3 Å². The highest BCUT2D eigenvalue weighted by atomic mass is 19.1. The summed E-state index contributed by atoms with van der Waals surface area (Å²) in [4.78, 5) is 16.3. The Labute approximate surface area is 133 Å². The second-order valence-corrected chi connectivity index (χ2v) is 5.78. The summed E-state index contributed by atoms with van der Waals surface area (Å²) in [6.45, 7) is 1.42. The van der Waals surface area contributed by atoms with Crippen LogP contribution in [0, 0.1) is 5.82 Å². The maximum absolute atomic E-state index is 13.2. The van der Waals surface area contributed by atoms with Crippen LogP contribution in [0.3, 0.4) is 0 Å². The van der Waals surface area contributed by atoms with Crippen LogP contribution in [0.5, 0.6) is 0 Å². The molecule has 0 radical (unpaired) electrons. The number of amides is 1. The Morgan fingerprint density at radius 2 is 2.26 bits per heavy atom. The third-order valence-corrected chi connectivity index (χ3v) is 3.95. The van der Waals surface area contributed by atoms with E-state index in [2.05, 4.69) is 15.6 Å². The van der Waals surface area contributed by atoms with Gasteiger partial charge in [0.05, 0.1) is 16.9 Å². The summed E-state index contributed by atoms with van der Waals surface area (Å²) < 4.78 is 13.2. The molecular weight excluding hydrogens is 297 g/mol. The van der Waals surface area contributed by atoms with Crippen LogP contribution in [0.4, 0.5) is 4.39 Å². The average molecular weight is 315 g/mol. The van der Waals surface area contributed by atoms with Gasteiger partial charge in [0.15, 0.2) is 0 Å². The molecule has 3 N–H and O–H groups in total. The smallest absolute Gasteiger partial charge is 0.252 e. The zero-order chi connectivity index (χ0) is 16.3. The van der Waals surface area contributed by atoms with E-state index in [0.717, 1.165) is 6.54 Å². The molecule has 1 saturated heterocycles. The number of nitrogens with zero attached hydrogens (tertiary/aromatic N) is 1. The van der Waals surface area contributed by atoms with Crippen LogP contribution in [-0.4, -0.2) is 41.2 Å². The molecule has 1 aromatic heterocycles. The number of aromatic nitrogens is 1. The number of aliphatic hydroxyl groups is 1. The molecule has 6 heteroatoms. The number of β-amino-alcohol motifs (C(OH)–C–C–N with tert-alkyl or cyclic N) is 1. The Kier molecular flexibility index (Phi) is 4.36. The molecule has 1 amide bonds. The van der Waals surface area contributed by atoms with Gasteiger partial charge in [-0.1, -0.05) is 12.1 Å². The van der Waals surface area contributed by atoms with Crippen LogP contribution in [0.25, 0.3) is 11.3 Å². The van der Waals surface area contributed by atoms with Gasteiger partial charge in [-0.15, -0.1) is 0 Å². The minimum absolute atomic E-state index is 0.199. The van der Waals surface area contributed by atoms with Crippen molar-refractivity contribution in [1.82, 2.24) is 15.6 Å². The van der Waals surface area contributed by atoms with Crippen molar-refractivity contribution in [2.24, 2.45) is 0 Å². The van der Waals surface area contributed by atoms with E-state index in [1.807, 2.05) is 0 Å². The van der Waals surface area contributed by atoms with Gasteiger partial charge in [0, 0.05) is 24.8 Å². The Balaban J connectivity index is 1.65. The predicted octanol–water partition coefficient (Wildman–Crippen LogP) is 1.34. The van der Waals surface area contributed by atoms with Crippen molar-refractivity contribution >= 4 is 5.91 Å². The standard InChI is InChI=1S/C17H18FN3O2/c18-14-3-1-2-12(8-14)15-5-4-13(9-20-15)16(22)21-11-17(23)6-7-19-10-17/h1-5,8-9,19,23H,6-7,10-11H2,(H,21,22). The highest BCUT2D eigenvalue weighted by Crippen LogP contribution is 2.18. The van der Waals surface area contributed by atoms with E-state index < -0.39 is 5.60 Å². The topological polar surface area (TPSA) is 74.2 Å². The van der Waals surface area contributed by atoms with Gasteiger partial charge in [-0.25, -0.2) is 4.39 Å². The SMILES string of the molecule is O=C(NCC1(O)CCNC1)c1ccc(-c2cccc(F)c2)nc1. The van der Waals surface area contributed by atoms with Crippen molar-refractivity contribution in [1.29, 1.82) is 0 Å². The van der Waals surface area contributed by atoms with Crippen LogP contribution in [0.2, 0.25) is 0 Å². The molecule has 2 heterocycles. The lowest BCUT2D eigenvalue weighted by Gasteiger charge is -2.21. The molecule has 0 aliphatic carbocycles. The van der Waals surface area contributed by atoms with Gasteiger partial charge in [0.1, 0.15) is 5.82 Å². The highest BCUT2D eigenvalue weighted by molar-refractivity contribution is 5.94. The summed E-state index contributed by atoms with van der Waals surface area (Å²) in [5.41, 5.74) is 0.771. The molecule has 1 aromatic carbocycles. The molecule has 0 spiro atoms. The largest absolute Gasteiger partial charge is 0.387 e. The molecule has 0 saturated carbocycles. The number of pyridine rings is 1. The number of benzene rings is 1. The van der Waals surface area contributed by atoms with Crippen LogP contribution in [0.1, 0.15) is 16.8 Å². The lowest BCUT2D eigenvalue weighted by molar-refractivity contribution is 0.0561. The summed E-state index contributed by atoms with van der Waals surface area (Å²) >= 11 is 0. The molecule has 1 fully saturated rings. The van der Waals surface area contributed by atoms with Crippen molar-refractivity contribution in [2.45, 2.75) is 12.0 Å². The minimum atomic E-state index is -0.884. The number of carbonyl (C=O) groups excluding carboxylic acids is 1. The van der Waals surface area contributed by atoms with Crippen molar-refractivity contribution < 1.29 is 14.3 Å². The second-order valence-electron chi connectivity index (χ2n) is 5.78. The van der Waals surface area contributed by atoms with Crippen molar-refractivity contribution in [3.8, 4) is 11.3 Å². The number of hydrogen-bond acceptors (Lipinski definition) is 4. The predicted molar refractivity (Wildman–Crippen MR) is 84.4 cm³/mol. The molecule has 120 valence electrons. The number of carbonyl (C=O) groups is 1. The van der Waals surface area contributed by atoms with Crippen molar-refractivity contribution in [3.63, 3.8) is 0 Å². The molecule has 2 aromatic rings. The number of halogens is 1. The third kappa shape index (κ3) is 3.72. The van der Waals surface area contributed by atoms with Crippen LogP contribution >= 0.6 is 0 Å². The van der Waals surface area contributed by atoms with Crippen molar-refractivity contribution in [2.75, 3.05) is 19.6 Å². The molecule has 3 rings (SSSR count). The lowest BCUT2D eigenvalue weighted by atomic mass is 10.0. The second kappa shape index (κ2) is 6.44. The van der Waals surface area contributed by atoms with E-state index in [4.69, 9.17) is 0 Å². The maximum Gasteiger partial charge on any atom is 0.252 e. The van der Waals surface area contributed by atoms with E-state index in [9.17, 15) is 14.3 Å². The van der Waals surface area contributed by atoms with Crippen LogP contribution < -0.4 is 10.6 Å². The molecule has 5 nitrogen and oxygen atoms in total. The molecule has 0 bridgehead atoms. The zero-order valence-corrected chi connectivity index (χ0v) is 12.6. The third-order valence-electron chi connectivity index (χ3n) is 3.95. The summed E-state index contributed by atoms with van der Waals surface area (Å²) in [5, 5.41) is 16.0. The molecule has 1 atom stereocenters. The maximum atomic E-state index is 13.2. The Morgan fingerprint density at radius 1 is 1.39 bits per heavy atom. The summed E-state index contributed by atoms with van der Waals surface area (Å²) in [6, 6.07) is 9.45. The minimum Gasteiger partial charge on any atom is -0.387 e. The van der Waals surface area contributed by atoms with E-state index in [-0.39, 0.29) is 18.3 Å². The fraction of sp³-hybridized carbons (Fsp3) is 0.294. The van der Waals surface area contributed by atoms with E-state index in [0.29, 0.717) is 29.8 Å². The number of nitrogens with one attached hydrogen (secondary N) is 2. The summed E-state index contributed by atoms with van der Waals surface area (Å²) in [5.74, 6) is -0.617. The fourth-order valence-corrected chi connectivity index (χ4v) is 2.58. The molecule has 1 aliphatic heterocycles. The normalized spacial score (nSPS) is 20.4. The van der Waals surface area contributed by atoms with Gasteiger partial charge in [0.2, 0.25) is 0 Å². The Bertz CT molecular complexity index is 697. The van der Waals surface area contributed by atoms with Crippen LogP contribution in [-0.2, 0) is 0 Å². The van der Waals surface area contributed by atoms with Gasteiger partial charge in [-0.05, 0) is 37.2 Å². The average Bonchev–Trinajstić information content (AvgIpc) is 3.00.